The van der Waals surface area contributed by atoms with Crippen LogP contribution in [0.15, 0.2) is 42.6 Å². The molecule has 0 spiro atoms. The number of hydrogen-bond acceptors (Lipinski definition) is 4. The van der Waals surface area contributed by atoms with Crippen molar-refractivity contribution in [1.82, 2.24) is 10.3 Å². The van der Waals surface area contributed by atoms with E-state index in [1.54, 1.807) is 0 Å². The molecule has 1 aromatic heterocycles. The van der Waals surface area contributed by atoms with E-state index in [1.807, 2.05) is 18.3 Å². The first-order valence-corrected chi connectivity index (χ1v) is 9.39. The topological polar surface area (TPSA) is 48.4 Å². The molecule has 25 heavy (non-hydrogen) atoms. The van der Waals surface area contributed by atoms with E-state index in [-0.39, 0.29) is 12.6 Å². The Morgan fingerprint density at radius 1 is 1.08 bits per heavy atom. The Bertz CT molecular complexity index is 648. The zero-order valence-electron chi connectivity index (χ0n) is 15.1. The molecule has 1 aliphatic rings. The van der Waals surface area contributed by atoms with Crippen LogP contribution in [0.2, 0.25) is 0 Å². The molecule has 0 bridgehead atoms. The van der Waals surface area contributed by atoms with Gasteiger partial charge in [0.1, 0.15) is 5.82 Å². The van der Waals surface area contributed by atoms with Gasteiger partial charge in [-0.25, -0.2) is 4.98 Å². The average molecular weight is 339 g/mol. The van der Waals surface area contributed by atoms with Crippen molar-refractivity contribution in [3.05, 3.63) is 59.3 Å². The Labute approximate surface area is 150 Å². The number of pyridine rings is 1. The Kier molecular flexibility index (Phi) is 6.42. The van der Waals surface area contributed by atoms with Crippen LogP contribution in [0.4, 0.5) is 5.82 Å². The molecule has 2 aromatic rings. The number of rotatable bonds is 6. The van der Waals surface area contributed by atoms with Crippen molar-refractivity contribution in [2.45, 2.75) is 51.8 Å². The number of anilines is 1. The van der Waals surface area contributed by atoms with Crippen LogP contribution in [0.1, 0.15) is 55.3 Å². The second-order valence-electron chi connectivity index (χ2n) is 6.93. The van der Waals surface area contributed by atoms with E-state index in [9.17, 15) is 5.11 Å². The second-order valence-corrected chi connectivity index (χ2v) is 6.93. The van der Waals surface area contributed by atoms with E-state index in [1.165, 1.54) is 36.8 Å². The van der Waals surface area contributed by atoms with Gasteiger partial charge in [0, 0.05) is 31.9 Å². The van der Waals surface area contributed by atoms with Crippen molar-refractivity contribution in [1.29, 1.82) is 0 Å². The number of benzene rings is 1. The summed E-state index contributed by atoms with van der Waals surface area (Å²) in [5, 5.41) is 12.8. The summed E-state index contributed by atoms with van der Waals surface area (Å²) in [4.78, 5) is 7.08. The quantitative estimate of drug-likeness (QED) is 0.840. The summed E-state index contributed by atoms with van der Waals surface area (Å²) in [5.74, 6) is 1.11. The van der Waals surface area contributed by atoms with Gasteiger partial charge in [-0.3, -0.25) is 0 Å². The first kappa shape index (κ1) is 17.9. The number of nitrogens with zero attached hydrogens (tertiary/aromatic N) is 2. The molecular weight excluding hydrogens is 310 g/mol. The van der Waals surface area contributed by atoms with Crippen molar-refractivity contribution in [2.24, 2.45) is 0 Å². The molecule has 1 aromatic carbocycles. The minimum absolute atomic E-state index is 0.0858. The molecule has 2 heterocycles. The molecule has 134 valence electrons. The van der Waals surface area contributed by atoms with Crippen molar-refractivity contribution in [2.75, 3.05) is 18.0 Å². The molecule has 3 rings (SSSR count). The second kappa shape index (κ2) is 8.97. The first-order chi connectivity index (χ1) is 12.3. The predicted molar refractivity (Wildman–Crippen MR) is 103 cm³/mol. The zero-order chi connectivity index (χ0) is 17.5. The van der Waals surface area contributed by atoms with E-state index in [0.29, 0.717) is 0 Å². The molecule has 0 aliphatic carbocycles. The first-order valence-electron chi connectivity index (χ1n) is 9.39. The minimum Gasteiger partial charge on any atom is -0.392 e. The fraction of sp³-hybridized carbons (Fsp3) is 0.476. The monoisotopic (exact) mass is 339 g/mol. The van der Waals surface area contributed by atoms with Crippen LogP contribution < -0.4 is 10.2 Å². The predicted octanol–water partition coefficient (Wildman–Crippen LogP) is 3.81. The SMILES string of the molecule is CC(NCc1ccc(N2CCCCCC2)nc1)c1cccc(CO)c1. The fourth-order valence-corrected chi connectivity index (χ4v) is 3.36. The molecule has 1 unspecified atom stereocenters. The van der Waals surface area contributed by atoms with Crippen LogP contribution in [-0.2, 0) is 13.2 Å². The molecule has 4 nitrogen and oxygen atoms in total. The number of hydrogen-bond donors (Lipinski definition) is 2. The van der Waals surface area contributed by atoms with Gasteiger partial charge < -0.3 is 15.3 Å². The maximum atomic E-state index is 9.27. The van der Waals surface area contributed by atoms with Gasteiger partial charge in [-0.2, -0.15) is 0 Å². The van der Waals surface area contributed by atoms with Crippen molar-refractivity contribution >= 4 is 5.82 Å². The third kappa shape index (κ3) is 5.03. The molecule has 0 saturated carbocycles. The molecule has 1 saturated heterocycles. The average Bonchev–Trinajstić information content (AvgIpc) is 2.96. The van der Waals surface area contributed by atoms with Gasteiger partial charge in [-0.15, -0.1) is 0 Å². The Hall–Kier alpha value is -1.91. The van der Waals surface area contributed by atoms with Crippen molar-refractivity contribution < 1.29 is 5.11 Å². The highest BCUT2D eigenvalue weighted by atomic mass is 16.3. The molecule has 0 radical (unpaired) electrons. The van der Waals surface area contributed by atoms with Crippen LogP contribution in [0.5, 0.6) is 0 Å². The Balaban J connectivity index is 1.55. The van der Waals surface area contributed by atoms with Crippen LogP contribution in [0, 0.1) is 0 Å². The van der Waals surface area contributed by atoms with Crippen LogP contribution >= 0.6 is 0 Å². The van der Waals surface area contributed by atoms with E-state index >= 15 is 0 Å². The van der Waals surface area contributed by atoms with Gasteiger partial charge >= 0.3 is 0 Å². The number of nitrogens with one attached hydrogen (secondary N) is 1. The molecular formula is C21H29N3O. The lowest BCUT2D eigenvalue weighted by Crippen LogP contribution is -2.25. The van der Waals surface area contributed by atoms with Crippen LogP contribution in [-0.4, -0.2) is 23.2 Å². The standard InChI is InChI=1S/C21H29N3O/c1-17(20-8-6-7-18(13-20)16-25)22-14-19-9-10-21(23-15-19)24-11-4-2-3-5-12-24/h6-10,13,15,17,22,25H,2-5,11-12,14,16H2,1H3. The summed E-state index contributed by atoms with van der Waals surface area (Å²) in [6, 6.07) is 12.7. The summed E-state index contributed by atoms with van der Waals surface area (Å²) in [6.45, 7) is 5.28. The summed E-state index contributed by atoms with van der Waals surface area (Å²) < 4.78 is 0. The van der Waals surface area contributed by atoms with Gasteiger partial charge in [0.05, 0.1) is 6.61 Å². The number of aromatic nitrogens is 1. The van der Waals surface area contributed by atoms with Gasteiger partial charge in [0.25, 0.3) is 0 Å². The maximum absolute atomic E-state index is 9.27. The highest BCUT2D eigenvalue weighted by Gasteiger charge is 2.11. The van der Waals surface area contributed by atoms with Crippen molar-refractivity contribution in [3.63, 3.8) is 0 Å². The van der Waals surface area contributed by atoms with Gasteiger partial charge in [-0.05, 0) is 42.5 Å². The normalized spacial score (nSPS) is 16.5. The maximum Gasteiger partial charge on any atom is 0.128 e. The lowest BCUT2D eigenvalue weighted by molar-refractivity contribution is 0.281. The zero-order valence-corrected chi connectivity index (χ0v) is 15.1. The molecule has 1 atom stereocenters. The summed E-state index contributed by atoms with van der Waals surface area (Å²) in [5.41, 5.74) is 3.35. The third-order valence-corrected chi connectivity index (χ3v) is 4.99. The largest absolute Gasteiger partial charge is 0.392 e. The summed E-state index contributed by atoms with van der Waals surface area (Å²) >= 11 is 0. The summed E-state index contributed by atoms with van der Waals surface area (Å²) in [6.07, 6.45) is 7.22. The third-order valence-electron chi connectivity index (χ3n) is 4.99. The molecule has 1 aliphatic heterocycles. The highest BCUT2D eigenvalue weighted by Crippen LogP contribution is 2.18. The Morgan fingerprint density at radius 2 is 1.88 bits per heavy atom. The highest BCUT2D eigenvalue weighted by molar-refractivity contribution is 5.39. The molecule has 4 heteroatoms. The van der Waals surface area contributed by atoms with E-state index in [4.69, 9.17) is 0 Å². The minimum atomic E-state index is 0.0858. The lowest BCUT2D eigenvalue weighted by atomic mass is 10.1. The van der Waals surface area contributed by atoms with Crippen LogP contribution in [0.25, 0.3) is 0 Å². The lowest BCUT2D eigenvalue weighted by Gasteiger charge is -2.21. The number of aliphatic hydroxyl groups is 1. The molecule has 2 N–H and O–H groups in total. The van der Waals surface area contributed by atoms with E-state index in [2.05, 4.69) is 46.4 Å². The fourth-order valence-electron chi connectivity index (χ4n) is 3.36. The summed E-state index contributed by atoms with van der Waals surface area (Å²) in [7, 11) is 0. The van der Waals surface area contributed by atoms with E-state index < -0.39 is 0 Å². The van der Waals surface area contributed by atoms with E-state index in [0.717, 1.165) is 31.0 Å². The number of aliphatic hydroxyl groups excluding tert-OH is 1. The van der Waals surface area contributed by atoms with Gasteiger partial charge in [0.2, 0.25) is 0 Å². The van der Waals surface area contributed by atoms with Crippen molar-refractivity contribution in [3.8, 4) is 0 Å². The molecule has 0 amide bonds. The van der Waals surface area contributed by atoms with Gasteiger partial charge in [0.15, 0.2) is 0 Å². The smallest absolute Gasteiger partial charge is 0.128 e. The Morgan fingerprint density at radius 3 is 2.56 bits per heavy atom. The van der Waals surface area contributed by atoms with Gasteiger partial charge in [-0.1, -0.05) is 43.2 Å². The van der Waals surface area contributed by atoms with Crippen LogP contribution in [0.3, 0.4) is 0 Å². The molecule has 1 fully saturated rings.